The SMILES string of the molecule is O=C(COc1ccccc1)N1CC[C@@H](c2ccnc(Nc3ccccn3)n2)C1. The number of amides is 1. The van der Waals surface area contributed by atoms with Crippen molar-refractivity contribution in [2.45, 2.75) is 12.3 Å². The van der Waals surface area contributed by atoms with Gasteiger partial charge >= 0.3 is 0 Å². The average Bonchev–Trinajstić information content (AvgIpc) is 3.24. The minimum Gasteiger partial charge on any atom is -0.484 e. The van der Waals surface area contributed by atoms with E-state index in [-0.39, 0.29) is 18.4 Å². The number of carbonyl (C=O) groups excluding carboxylic acids is 1. The number of benzene rings is 1. The lowest BCUT2D eigenvalue weighted by Gasteiger charge is -2.17. The maximum Gasteiger partial charge on any atom is 0.260 e. The number of anilines is 2. The molecule has 4 rings (SSSR count). The van der Waals surface area contributed by atoms with Crippen LogP contribution in [0, 0.1) is 0 Å². The van der Waals surface area contributed by atoms with Crippen molar-refractivity contribution in [3.05, 3.63) is 72.7 Å². The van der Waals surface area contributed by atoms with Crippen molar-refractivity contribution in [2.24, 2.45) is 0 Å². The number of likely N-dealkylation sites (tertiary alicyclic amines) is 1. The van der Waals surface area contributed by atoms with Gasteiger partial charge in [-0.3, -0.25) is 4.79 Å². The fourth-order valence-electron chi connectivity index (χ4n) is 3.19. The highest BCUT2D eigenvalue weighted by Gasteiger charge is 2.28. The van der Waals surface area contributed by atoms with Crippen LogP contribution >= 0.6 is 0 Å². The molecule has 142 valence electrons. The first kappa shape index (κ1) is 17.9. The van der Waals surface area contributed by atoms with Gasteiger partial charge in [0.1, 0.15) is 11.6 Å². The molecule has 3 heterocycles. The fraction of sp³-hybridized carbons (Fsp3) is 0.238. The Labute approximate surface area is 163 Å². The Hall–Kier alpha value is -3.48. The molecule has 1 amide bonds. The molecular formula is C21H21N5O2. The number of nitrogens with one attached hydrogen (secondary N) is 1. The van der Waals surface area contributed by atoms with Crippen LogP contribution in [0.3, 0.4) is 0 Å². The molecule has 1 aliphatic rings. The molecular weight excluding hydrogens is 354 g/mol. The first-order valence-electron chi connectivity index (χ1n) is 9.24. The summed E-state index contributed by atoms with van der Waals surface area (Å²) in [4.78, 5) is 27.4. The van der Waals surface area contributed by atoms with Crippen molar-refractivity contribution in [1.29, 1.82) is 0 Å². The minimum absolute atomic E-state index is 0.00718. The molecule has 7 heteroatoms. The van der Waals surface area contributed by atoms with Crippen molar-refractivity contribution >= 4 is 17.7 Å². The number of carbonyl (C=O) groups is 1. The van der Waals surface area contributed by atoms with Crippen molar-refractivity contribution < 1.29 is 9.53 Å². The van der Waals surface area contributed by atoms with E-state index in [2.05, 4.69) is 20.3 Å². The van der Waals surface area contributed by atoms with Crippen LogP contribution in [0.25, 0.3) is 0 Å². The number of hydrogen-bond donors (Lipinski definition) is 1. The average molecular weight is 375 g/mol. The van der Waals surface area contributed by atoms with Crippen molar-refractivity contribution in [2.75, 3.05) is 25.0 Å². The van der Waals surface area contributed by atoms with Crippen LogP contribution < -0.4 is 10.1 Å². The zero-order valence-corrected chi connectivity index (χ0v) is 15.4. The van der Waals surface area contributed by atoms with Crippen LogP contribution in [0.15, 0.2) is 67.0 Å². The van der Waals surface area contributed by atoms with Gasteiger partial charge in [0, 0.05) is 31.4 Å². The molecule has 1 aliphatic heterocycles. The number of aromatic nitrogens is 3. The molecule has 0 bridgehead atoms. The predicted octanol–water partition coefficient (Wildman–Crippen LogP) is 3.01. The lowest BCUT2D eigenvalue weighted by Crippen LogP contribution is -2.32. The van der Waals surface area contributed by atoms with Gasteiger partial charge in [0.25, 0.3) is 5.91 Å². The summed E-state index contributed by atoms with van der Waals surface area (Å²) in [5.41, 5.74) is 0.924. The summed E-state index contributed by atoms with van der Waals surface area (Å²) in [5.74, 6) is 2.09. The highest BCUT2D eigenvalue weighted by Crippen LogP contribution is 2.26. The van der Waals surface area contributed by atoms with Crippen LogP contribution in [0.5, 0.6) is 5.75 Å². The Kier molecular flexibility index (Phi) is 5.42. The van der Waals surface area contributed by atoms with E-state index in [0.717, 1.165) is 12.1 Å². The molecule has 0 radical (unpaired) electrons. The third kappa shape index (κ3) is 4.43. The second kappa shape index (κ2) is 8.47. The Morgan fingerprint density at radius 1 is 1.07 bits per heavy atom. The summed E-state index contributed by atoms with van der Waals surface area (Å²) >= 11 is 0. The Bertz CT molecular complexity index is 920. The Morgan fingerprint density at radius 2 is 1.93 bits per heavy atom. The van der Waals surface area contributed by atoms with Gasteiger partial charge in [-0.05, 0) is 36.8 Å². The Balaban J connectivity index is 1.34. The molecule has 7 nitrogen and oxygen atoms in total. The lowest BCUT2D eigenvalue weighted by atomic mass is 10.1. The molecule has 3 aromatic rings. The standard InChI is InChI=1S/C21H21N5O2/c27-20(15-28-17-6-2-1-3-7-17)26-13-10-16(14-26)18-9-12-23-21(24-18)25-19-8-4-5-11-22-19/h1-9,11-12,16H,10,13-15H2,(H,22,23,24,25)/t16-/m1/s1. The van der Waals surface area contributed by atoms with Gasteiger partial charge in [-0.15, -0.1) is 0 Å². The number of rotatable bonds is 6. The summed E-state index contributed by atoms with van der Waals surface area (Å²) in [6, 6.07) is 16.9. The van der Waals surface area contributed by atoms with E-state index in [4.69, 9.17) is 4.74 Å². The zero-order valence-electron chi connectivity index (χ0n) is 15.4. The summed E-state index contributed by atoms with van der Waals surface area (Å²) in [7, 11) is 0. The molecule has 28 heavy (non-hydrogen) atoms. The zero-order chi connectivity index (χ0) is 19.2. The third-order valence-electron chi connectivity index (χ3n) is 4.65. The lowest BCUT2D eigenvalue weighted by molar-refractivity contribution is -0.132. The van der Waals surface area contributed by atoms with Gasteiger partial charge in [-0.25, -0.2) is 15.0 Å². The molecule has 0 aliphatic carbocycles. The van der Waals surface area contributed by atoms with E-state index < -0.39 is 0 Å². The quantitative estimate of drug-likeness (QED) is 0.713. The van der Waals surface area contributed by atoms with Gasteiger partial charge < -0.3 is 15.0 Å². The Morgan fingerprint density at radius 3 is 2.75 bits per heavy atom. The van der Waals surface area contributed by atoms with E-state index in [1.54, 1.807) is 12.4 Å². The highest BCUT2D eigenvalue weighted by atomic mass is 16.5. The normalized spacial score (nSPS) is 16.0. The van der Waals surface area contributed by atoms with E-state index in [1.807, 2.05) is 59.5 Å². The van der Waals surface area contributed by atoms with Crippen molar-refractivity contribution in [3.63, 3.8) is 0 Å². The molecule has 1 aromatic carbocycles. The topological polar surface area (TPSA) is 80.2 Å². The van der Waals surface area contributed by atoms with Gasteiger partial charge in [-0.1, -0.05) is 24.3 Å². The van der Waals surface area contributed by atoms with Crippen LogP contribution in [0.2, 0.25) is 0 Å². The maximum absolute atomic E-state index is 12.5. The molecule has 0 spiro atoms. The fourth-order valence-corrected chi connectivity index (χ4v) is 3.19. The number of hydrogen-bond acceptors (Lipinski definition) is 6. The molecule has 0 saturated carbocycles. The van der Waals surface area contributed by atoms with E-state index in [1.165, 1.54) is 0 Å². The molecule has 1 fully saturated rings. The van der Waals surface area contributed by atoms with Gasteiger partial charge in [0.05, 0.1) is 5.69 Å². The highest BCUT2D eigenvalue weighted by molar-refractivity contribution is 5.78. The summed E-state index contributed by atoms with van der Waals surface area (Å²) < 4.78 is 5.57. The summed E-state index contributed by atoms with van der Waals surface area (Å²) in [6.07, 6.45) is 4.32. The van der Waals surface area contributed by atoms with E-state index in [0.29, 0.717) is 30.6 Å². The third-order valence-corrected chi connectivity index (χ3v) is 4.65. The first-order valence-corrected chi connectivity index (χ1v) is 9.24. The smallest absolute Gasteiger partial charge is 0.260 e. The summed E-state index contributed by atoms with van der Waals surface area (Å²) in [6.45, 7) is 1.39. The molecule has 2 aromatic heterocycles. The number of pyridine rings is 1. The summed E-state index contributed by atoms with van der Waals surface area (Å²) in [5, 5.41) is 3.11. The largest absolute Gasteiger partial charge is 0.484 e. The van der Waals surface area contributed by atoms with Gasteiger partial charge in [0.15, 0.2) is 6.61 Å². The maximum atomic E-state index is 12.5. The van der Waals surface area contributed by atoms with Crippen LogP contribution in [-0.2, 0) is 4.79 Å². The predicted molar refractivity (Wildman–Crippen MR) is 105 cm³/mol. The van der Waals surface area contributed by atoms with Crippen LogP contribution in [0.4, 0.5) is 11.8 Å². The second-order valence-electron chi connectivity index (χ2n) is 6.57. The monoisotopic (exact) mass is 375 g/mol. The molecule has 1 saturated heterocycles. The molecule has 0 unspecified atom stereocenters. The number of para-hydroxylation sites is 1. The van der Waals surface area contributed by atoms with E-state index >= 15 is 0 Å². The van der Waals surface area contributed by atoms with Gasteiger partial charge in [-0.2, -0.15) is 0 Å². The van der Waals surface area contributed by atoms with Gasteiger partial charge in [0.2, 0.25) is 5.95 Å². The molecule has 1 atom stereocenters. The van der Waals surface area contributed by atoms with E-state index in [9.17, 15) is 4.79 Å². The number of ether oxygens (including phenoxy) is 1. The minimum atomic E-state index is -0.00718. The molecule has 1 N–H and O–H groups in total. The second-order valence-corrected chi connectivity index (χ2v) is 6.57. The van der Waals surface area contributed by atoms with Crippen LogP contribution in [0.1, 0.15) is 18.0 Å². The first-order chi connectivity index (χ1) is 13.8. The van der Waals surface area contributed by atoms with Crippen molar-refractivity contribution in [3.8, 4) is 5.75 Å². The van der Waals surface area contributed by atoms with Crippen molar-refractivity contribution in [1.82, 2.24) is 19.9 Å². The van der Waals surface area contributed by atoms with Crippen LogP contribution in [-0.4, -0.2) is 45.5 Å². The number of nitrogens with zero attached hydrogens (tertiary/aromatic N) is 4.